The van der Waals surface area contributed by atoms with Gasteiger partial charge in [0, 0.05) is 12.0 Å². The van der Waals surface area contributed by atoms with Gasteiger partial charge in [0.15, 0.2) is 0 Å². The van der Waals surface area contributed by atoms with Crippen LogP contribution < -0.4 is 5.32 Å². The number of likely N-dealkylation sites (N-methyl/N-ethyl adjacent to an activating group) is 1. The molecule has 1 atom stereocenters. The van der Waals surface area contributed by atoms with E-state index in [-0.39, 0.29) is 17.4 Å². The second-order valence-corrected chi connectivity index (χ2v) is 9.65. The molecule has 6 rings (SSSR count). The maximum Gasteiger partial charge on any atom is 0.245 e. The highest BCUT2D eigenvalue weighted by molar-refractivity contribution is 7.15. The van der Waals surface area contributed by atoms with Crippen molar-refractivity contribution in [3.63, 3.8) is 0 Å². The van der Waals surface area contributed by atoms with Crippen LogP contribution in [0.5, 0.6) is 0 Å². The number of amides is 1. The zero-order valence-corrected chi connectivity index (χ0v) is 15.6. The molecule has 1 aromatic rings. The fraction of sp³-hybridized carbons (Fsp3) is 0.833. The Labute approximate surface area is 152 Å². The van der Waals surface area contributed by atoms with E-state index in [0.717, 1.165) is 29.3 Å². The number of hydrogen-bond acceptors (Lipinski definition) is 6. The summed E-state index contributed by atoms with van der Waals surface area (Å²) in [6.45, 7) is 1.92. The van der Waals surface area contributed by atoms with Crippen molar-refractivity contribution in [3.05, 3.63) is 5.01 Å². The van der Waals surface area contributed by atoms with Crippen LogP contribution >= 0.6 is 11.3 Å². The molecule has 5 fully saturated rings. The number of carbonyl (C=O) groups is 1. The number of hydrogen-bond donors (Lipinski definition) is 1. The molecule has 1 aliphatic heterocycles. The molecule has 4 bridgehead atoms. The molecule has 0 radical (unpaired) electrons. The Bertz CT molecular complexity index is 641. The van der Waals surface area contributed by atoms with Gasteiger partial charge >= 0.3 is 0 Å². The SMILES string of the molecule is CN1CCOCC1C(=O)Nc1nnc(C23CC4CC(CC(C4)C2)C3)s1. The van der Waals surface area contributed by atoms with Gasteiger partial charge in [-0.2, -0.15) is 0 Å². The lowest BCUT2D eigenvalue weighted by Crippen LogP contribution is -2.49. The summed E-state index contributed by atoms with van der Waals surface area (Å²) < 4.78 is 5.45. The molecule has 25 heavy (non-hydrogen) atoms. The summed E-state index contributed by atoms with van der Waals surface area (Å²) in [5, 5.41) is 13.6. The van der Waals surface area contributed by atoms with Crippen LogP contribution in [0.25, 0.3) is 0 Å². The average molecular weight is 362 g/mol. The maximum absolute atomic E-state index is 12.5. The molecule has 136 valence electrons. The molecular weight excluding hydrogens is 336 g/mol. The van der Waals surface area contributed by atoms with Crippen molar-refractivity contribution in [2.75, 3.05) is 32.1 Å². The molecule has 1 N–H and O–H groups in total. The van der Waals surface area contributed by atoms with Crippen LogP contribution in [0.2, 0.25) is 0 Å². The molecule has 4 saturated carbocycles. The zero-order chi connectivity index (χ0) is 17.0. The number of carbonyl (C=O) groups excluding carboxylic acids is 1. The highest BCUT2D eigenvalue weighted by Gasteiger charge is 2.53. The lowest BCUT2D eigenvalue weighted by atomic mass is 9.50. The third kappa shape index (κ3) is 2.80. The Morgan fingerprint density at radius 3 is 2.52 bits per heavy atom. The van der Waals surface area contributed by atoms with E-state index < -0.39 is 0 Å². The Kier molecular flexibility index (Phi) is 3.87. The van der Waals surface area contributed by atoms with Crippen molar-refractivity contribution >= 4 is 22.4 Å². The van der Waals surface area contributed by atoms with Crippen LogP contribution in [0.15, 0.2) is 0 Å². The summed E-state index contributed by atoms with van der Waals surface area (Å²) in [4.78, 5) is 14.6. The normalized spacial score (nSPS) is 40.4. The molecule has 1 aromatic heterocycles. The molecule has 2 heterocycles. The first-order chi connectivity index (χ1) is 12.1. The summed E-state index contributed by atoms with van der Waals surface area (Å²) >= 11 is 1.60. The Hall–Kier alpha value is -1.05. The monoisotopic (exact) mass is 362 g/mol. The van der Waals surface area contributed by atoms with Gasteiger partial charge in [0.1, 0.15) is 11.0 Å². The highest BCUT2D eigenvalue weighted by atomic mass is 32.1. The fourth-order valence-electron chi connectivity index (χ4n) is 6.01. The number of rotatable bonds is 3. The third-order valence-corrected chi connectivity index (χ3v) is 7.93. The van der Waals surface area contributed by atoms with Crippen molar-refractivity contribution in [2.45, 2.75) is 50.0 Å². The molecule has 7 heteroatoms. The summed E-state index contributed by atoms with van der Waals surface area (Å²) in [7, 11) is 1.97. The molecule has 6 nitrogen and oxygen atoms in total. The third-order valence-electron chi connectivity index (χ3n) is 6.85. The minimum atomic E-state index is -0.236. The van der Waals surface area contributed by atoms with Crippen LogP contribution in [-0.2, 0) is 14.9 Å². The van der Waals surface area contributed by atoms with Gasteiger partial charge in [-0.25, -0.2) is 0 Å². The van der Waals surface area contributed by atoms with Crippen LogP contribution in [0.3, 0.4) is 0 Å². The largest absolute Gasteiger partial charge is 0.378 e. The van der Waals surface area contributed by atoms with Crippen molar-refractivity contribution < 1.29 is 9.53 Å². The number of nitrogens with one attached hydrogen (secondary N) is 1. The van der Waals surface area contributed by atoms with E-state index in [1.165, 1.54) is 38.5 Å². The standard InChI is InChI=1S/C18H26N4O2S/c1-22-2-3-24-10-14(22)15(23)19-17-21-20-16(25-17)18-7-11-4-12(8-18)6-13(5-11)9-18/h11-14H,2-10H2,1H3,(H,19,21,23). The smallest absolute Gasteiger partial charge is 0.245 e. The van der Waals surface area contributed by atoms with Gasteiger partial charge in [0.2, 0.25) is 11.0 Å². The van der Waals surface area contributed by atoms with Crippen LogP contribution in [0.1, 0.15) is 43.5 Å². The van der Waals surface area contributed by atoms with Crippen LogP contribution in [0, 0.1) is 17.8 Å². The van der Waals surface area contributed by atoms with Crippen LogP contribution in [0.4, 0.5) is 5.13 Å². The van der Waals surface area contributed by atoms with Gasteiger partial charge in [-0.05, 0) is 63.3 Å². The van der Waals surface area contributed by atoms with E-state index >= 15 is 0 Å². The quantitative estimate of drug-likeness (QED) is 0.893. The molecule has 1 amide bonds. The summed E-state index contributed by atoms with van der Waals surface area (Å²) in [5.74, 6) is 2.64. The lowest BCUT2D eigenvalue weighted by molar-refractivity contribution is -0.126. The topological polar surface area (TPSA) is 67.3 Å². The second kappa shape index (κ2) is 5.99. The Morgan fingerprint density at radius 2 is 1.88 bits per heavy atom. The molecule has 0 aromatic carbocycles. The molecular formula is C18H26N4O2S. The van der Waals surface area contributed by atoms with E-state index in [1.54, 1.807) is 11.3 Å². The van der Waals surface area contributed by atoms with E-state index in [1.807, 2.05) is 11.9 Å². The molecule has 1 saturated heterocycles. The van der Waals surface area contributed by atoms with E-state index in [4.69, 9.17) is 4.74 Å². The van der Waals surface area contributed by atoms with E-state index in [2.05, 4.69) is 15.5 Å². The lowest BCUT2D eigenvalue weighted by Gasteiger charge is -2.55. The number of anilines is 1. The van der Waals surface area contributed by atoms with E-state index in [0.29, 0.717) is 18.3 Å². The Morgan fingerprint density at radius 1 is 1.20 bits per heavy atom. The van der Waals surface area contributed by atoms with Gasteiger partial charge in [0.05, 0.1) is 13.2 Å². The number of aromatic nitrogens is 2. The van der Waals surface area contributed by atoms with Gasteiger partial charge in [0.25, 0.3) is 0 Å². The van der Waals surface area contributed by atoms with Gasteiger partial charge in [-0.15, -0.1) is 10.2 Å². The van der Waals surface area contributed by atoms with Crippen LogP contribution in [-0.4, -0.2) is 53.9 Å². The van der Waals surface area contributed by atoms with Crippen molar-refractivity contribution in [3.8, 4) is 0 Å². The molecule has 0 spiro atoms. The van der Waals surface area contributed by atoms with E-state index in [9.17, 15) is 4.79 Å². The number of morpholine rings is 1. The highest BCUT2D eigenvalue weighted by Crippen LogP contribution is 2.61. The maximum atomic E-state index is 12.5. The van der Waals surface area contributed by atoms with Crippen molar-refractivity contribution in [1.82, 2.24) is 15.1 Å². The second-order valence-electron chi connectivity index (χ2n) is 8.67. The van der Waals surface area contributed by atoms with Gasteiger partial charge < -0.3 is 4.74 Å². The fourth-order valence-corrected chi connectivity index (χ4v) is 6.98. The first kappa shape index (κ1) is 16.1. The summed E-state index contributed by atoms with van der Waals surface area (Å²) in [6.07, 6.45) is 8.11. The van der Waals surface area contributed by atoms with Crippen molar-refractivity contribution in [1.29, 1.82) is 0 Å². The number of ether oxygens (including phenoxy) is 1. The summed E-state index contributed by atoms with van der Waals surface area (Å²) in [5.41, 5.74) is 0.250. The minimum Gasteiger partial charge on any atom is -0.378 e. The molecule has 4 aliphatic carbocycles. The summed E-state index contributed by atoms with van der Waals surface area (Å²) in [6, 6.07) is -0.236. The van der Waals surface area contributed by atoms with Gasteiger partial charge in [-0.3, -0.25) is 15.0 Å². The predicted octanol–water partition coefficient (Wildman–Crippen LogP) is 2.27. The number of nitrogens with zero attached hydrogens (tertiary/aromatic N) is 3. The minimum absolute atomic E-state index is 0.0320. The zero-order valence-electron chi connectivity index (χ0n) is 14.7. The predicted molar refractivity (Wildman–Crippen MR) is 95.6 cm³/mol. The molecule has 5 aliphatic rings. The Balaban J connectivity index is 1.31. The molecule has 1 unspecified atom stereocenters. The first-order valence-electron chi connectivity index (χ1n) is 9.54. The van der Waals surface area contributed by atoms with Crippen molar-refractivity contribution in [2.24, 2.45) is 17.8 Å². The average Bonchev–Trinajstić information content (AvgIpc) is 3.03. The van der Waals surface area contributed by atoms with Gasteiger partial charge in [-0.1, -0.05) is 11.3 Å². The first-order valence-corrected chi connectivity index (χ1v) is 10.4.